The van der Waals surface area contributed by atoms with Crippen LogP contribution in [0, 0.1) is 12.8 Å². The van der Waals surface area contributed by atoms with E-state index in [1.54, 1.807) is 13.1 Å². The smallest absolute Gasteiger partial charge is 0.293 e. The van der Waals surface area contributed by atoms with E-state index in [2.05, 4.69) is 27.4 Å². The molecule has 0 aromatic carbocycles. The number of carbonyl (C=O) groups is 1. The van der Waals surface area contributed by atoms with Crippen LogP contribution in [0.4, 0.5) is 0 Å². The summed E-state index contributed by atoms with van der Waals surface area (Å²) in [6.45, 7) is 5.91. The van der Waals surface area contributed by atoms with Crippen LogP contribution >= 0.6 is 0 Å². The number of aromatic nitrogens is 4. The molecule has 8 nitrogen and oxygen atoms in total. The van der Waals surface area contributed by atoms with Crippen LogP contribution in [0.25, 0.3) is 0 Å². The summed E-state index contributed by atoms with van der Waals surface area (Å²) in [5, 5.41) is 6.72. The first kappa shape index (κ1) is 15.7. The highest BCUT2D eigenvalue weighted by molar-refractivity contribution is 5.90. The molecule has 0 bridgehead atoms. The summed E-state index contributed by atoms with van der Waals surface area (Å²) in [7, 11) is 0. The fraction of sp³-hybridized carbons (Fsp3) is 0.600. The first-order valence-electron chi connectivity index (χ1n) is 7.89. The second kappa shape index (κ2) is 6.91. The van der Waals surface area contributed by atoms with Gasteiger partial charge in [0.15, 0.2) is 0 Å². The number of amides is 1. The Kier molecular flexibility index (Phi) is 4.71. The molecule has 2 aromatic heterocycles. The lowest BCUT2D eigenvalue weighted by Crippen LogP contribution is -2.38. The summed E-state index contributed by atoms with van der Waals surface area (Å²) in [6, 6.07) is -0.194. The van der Waals surface area contributed by atoms with Gasteiger partial charge < -0.3 is 19.1 Å². The molecular weight excluding hydrogens is 298 g/mol. The summed E-state index contributed by atoms with van der Waals surface area (Å²) < 4.78 is 12.4. The number of hydrogen-bond donors (Lipinski definition) is 1. The summed E-state index contributed by atoms with van der Waals surface area (Å²) in [5.41, 5.74) is 0. The molecule has 1 N–H and O–H groups in total. The van der Waals surface area contributed by atoms with Gasteiger partial charge in [0.05, 0.1) is 6.04 Å². The summed E-state index contributed by atoms with van der Waals surface area (Å²) in [6.07, 6.45) is 5.45. The monoisotopic (exact) mass is 319 g/mol. The van der Waals surface area contributed by atoms with E-state index in [1.165, 1.54) is 0 Å². The van der Waals surface area contributed by atoms with Crippen molar-refractivity contribution < 1.29 is 14.1 Å². The minimum Gasteiger partial charge on any atom is -0.381 e. The van der Waals surface area contributed by atoms with E-state index in [-0.39, 0.29) is 23.7 Å². The van der Waals surface area contributed by atoms with E-state index in [4.69, 9.17) is 9.26 Å². The fourth-order valence-corrected chi connectivity index (χ4v) is 2.91. The highest BCUT2D eigenvalue weighted by Crippen LogP contribution is 2.29. The first-order valence-corrected chi connectivity index (χ1v) is 7.89. The topological polar surface area (TPSA) is 95.1 Å². The second-order valence-electron chi connectivity index (χ2n) is 5.61. The molecule has 8 heteroatoms. The number of aryl methyl sites for hydroxylation is 2. The van der Waals surface area contributed by atoms with Gasteiger partial charge in [-0.2, -0.15) is 4.98 Å². The van der Waals surface area contributed by atoms with Crippen LogP contribution in [0.15, 0.2) is 16.9 Å². The number of nitrogens with zero attached hydrogens (tertiary/aromatic N) is 4. The molecule has 1 aliphatic heterocycles. The zero-order valence-corrected chi connectivity index (χ0v) is 13.4. The zero-order chi connectivity index (χ0) is 16.2. The molecule has 3 heterocycles. The number of rotatable bonds is 5. The Morgan fingerprint density at radius 1 is 1.48 bits per heavy atom. The molecule has 124 valence electrons. The van der Waals surface area contributed by atoms with Crippen molar-refractivity contribution in [3.63, 3.8) is 0 Å². The summed E-state index contributed by atoms with van der Waals surface area (Å²) in [5.74, 6) is 1.20. The molecule has 1 saturated heterocycles. The molecule has 0 spiro atoms. The minimum atomic E-state index is -0.344. The van der Waals surface area contributed by atoms with E-state index in [0.29, 0.717) is 19.1 Å². The maximum atomic E-state index is 12.4. The highest BCUT2D eigenvalue weighted by Gasteiger charge is 2.31. The van der Waals surface area contributed by atoms with Crippen LogP contribution < -0.4 is 5.32 Å². The van der Waals surface area contributed by atoms with E-state index in [1.807, 2.05) is 10.8 Å². The summed E-state index contributed by atoms with van der Waals surface area (Å²) in [4.78, 5) is 20.9. The van der Waals surface area contributed by atoms with Gasteiger partial charge in [-0.15, -0.1) is 0 Å². The van der Waals surface area contributed by atoms with Crippen LogP contribution in [-0.4, -0.2) is 38.8 Å². The van der Waals surface area contributed by atoms with E-state index < -0.39 is 0 Å². The Hall–Kier alpha value is -2.22. The van der Waals surface area contributed by atoms with Crippen LogP contribution in [0.5, 0.6) is 0 Å². The van der Waals surface area contributed by atoms with Crippen molar-refractivity contribution in [2.75, 3.05) is 13.2 Å². The Morgan fingerprint density at radius 2 is 2.26 bits per heavy atom. The van der Waals surface area contributed by atoms with Crippen molar-refractivity contribution in [2.24, 2.45) is 5.92 Å². The largest absolute Gasteiger partial charge is 0.381 e. The molecule has 1 unspecified atom stereocenters. The number of ether oxygens (including phenoxy) is 1. The lowest BCUT2D eigenvalue weighted by Gasteiger charge is -2.30. The molecule has 2 aromatic rings. The molecule has 3 rings (SSSR count). The van der Waals surface area contributed by atoms with Crippen LogP contribution in [0.3, 0.4) is 0 Å². The Bertz CT molecular complexity index is 660. The first-order chi connectivity index (χ1) is 11.2. The van der Waals surface area contributed by atoms with Crippen molar-refractivity contribution in [3.05, 3.63) is 29.9 Å². The number of nitrogens with one attached hydrogen (secondary N) is 1. The van der Waals surface area contributed by atoms with Gasteiger partial charge in [0.2, 0.25) is 5.89 Å². The third-order valence-electron chi connectivity index (χ3n) is 4.12. The molecule has 0 saturated carbocycles. The van der Waals surface area contributed by atoms with Crippen LogP contribution in [-0.2, 0) is 11.3 Å². The van der Waals surface area contributed by atoms with Gasteiger partial charge in [-0.05, 0) is 25.7 Å². The van der Waals surface area contributed by atoms with Crippen LogP contribution in [0.1, 0.15) is 48.1 Å². The molecule has 0 aliphatic carbocycles. The van der Waals surface area contributed by atoms with Crippen molar-refractivity contribution in [1.29, 1.82) is 0 Å². The molecule has 23 heavy (non-hydrogen) atoms. The van der Waals surface area contributed by atoms with Crippen molar-refractivity contribution in [2.45, 2.75) is 39.3 Å². The Balaban J connectivity index is 1.84. The molecule has 0 radical (unpaired) electrons. The highest BCUT2D eigenvalue weighted by atomic mass is 16.5. The lowest BCUT2D eigenvalue weighted by atomic mass is 9.91. The molecule has 1 aliphatic rings. The molecule has 1 fully saturated rings. The van der Waals surface area contributed by atoms with E-state index >= 15 is 0 Å². The maximum absolute atomic E-state index is 12.4. The molecule has 1 atom stereocenters. The lowest BCUT2D eigenvalue weighted by molar-refractivity contribution is 0.0496. The van der Waals surface area contributed by atoms with Gasteiger partial charge in [-0.1, -0.05) is 5.16 Å². The molecular formula is C15H21N5O3. The van der Waals surface area contributed by atoms with Gasteiger partial charge in [0, 0.05) is 39.1 Å². The van der Waals surface area contributed by atoms with E-state index in [9.17, 15) is 4.79 Å². The average molecular weight is 319 g/mol. The maximum Gasteiger partial charge on any atom is 0.293 e. The Labute approximate surface area is 134 Å². The normalized spacial score (nSPS) is 17.1. The van der Waals surface area contributed by atoms with Gasteiger partial charge in [-0.25, -0.2) is 4.98 Å². The van der Waals surface area contributed by atoms with Gasteiger partial charge >= 0.3 is 0 Å². The third-order valence-corrected chi connectivity index (χ3v) is 4.12. The second-order valence-corrected chi connectivity index (χ2v) is 5.61. The quantitative estimate of drug-likeness (QED) is 0.897. The predicted molar refractivity (Wildman–Crippen MR) is 80.7 cm³/mol. The van der Waals surface area contributed by atoms with Crippen LogP contribution in [0.2, 0.25) is 0 Å². The predicted octanol–water partition coefficient (Wildman–Crippen LogP) is 1.49. The number of hydrogen-bond acceptors (Lipinski definition) is 6. The third kappa shape index (κ3) is 3.42. The number of carbonyl (C=O) groups excluding carboxylic acids is 1. The van der Waals surface area contributed by atoms with Crippen molar-refractivity contribution >= 4 is 5.91 Å². The number of imidazole rings is 1. The van der Waals surface area contributed by atoms with Gasteiger partial charge in [0.1, 0.15) is 5.82 Å². The van der Waals surface area contributed by atoms with Gasteiger partial charge in [-0.3, -0.25) is 4.79 Å². The van der Waals surface area contributed by atoms with Crippen molar-refractivity contribution in [3.8, 4) is 0 Å². The molecule has 1 amide bonds. The minimum absolute atomic E-state index is 0.0502. The average Bonchev–Trinajstić information content (AvgIpc) is 3.21. The standard InChI is InChI=1S/C15H21N5O3/c1-3-20-7-6-16-14(20)12(11-4-8-22-9-5-11)18-15(21)13-17-10(2)23-19-13/h6-7,11-12H,3-5,8-9H2,1-2H3,(H,18,21). The zero-order valence-electron chi connectivity index (χ0n) is 13.4. The summed E-state index contributed by atoms with van der Waals surface area (Å²) >= 11 is 0. The fourth-order valence-electron chi connectivity index (χ4n) is 2.91. The SMILES string of the molecule is CCn1ccnc1C(NC(=O)c1noc(C)n1)C1CCOCC1. The Morgan fingerprint density at radius 3 is 2.91 bits per heavy atom. The van der Waals surface area contributed by atoms with Gasteiger partial charge in [0.25, 0.3) is 11.7 Å². The van der Waals surface area contributed by atoms with E-state index in [0.717, 1.165) is 25.2 Å². The van der Waals surface area contributed by atoms with Crippen molar-refractivity contribution in [1.82, 2.24) is 25.0 Å².